The molecule has 0 bridgehead atoms. The lowest BCUT2D eigenvalue weighted by atomic mass is 9.93. The van der Waals surface area contributed by atoms with Crippen molar-refractivity contribution in [1.82, 2.24) is 5.32 Å². The van der Waals surface area contributed by atoms with Gasteiger partial charge in [0.1, 0.15) is 11.9 Å². The van der Waals surface area contributed by atoms with Crippen molar-refractivity contribution in [3.8, 4) is 5.75 Å². The maximum absolute atomic E-state index is 6.16. The summed E-state index contributed by atoms with van der Waals surface area (Å²) in [6.07, 6.45) is 0.957. The molecule has 1 aliphatic heterocycles. The van der Waals surface area contributed by atoms with Crippen molar-refractivity contribution in [3.05, 3.63) is 63.1 Å². The Balaban J connectivity index is 1.95. The fraction of sp³-hybridized carbons (Fsp3) is 0.250. The SMILES string of the molecule is CNC1CC(c2ccc(Cl)cc2)Oc2cc(Br)ccc21. The molecule has 104 valence electrons. The Bertz CT molecular complexity index is 614. The molecule has 0 spiro atoms. The second-order valence-corrected chi connectivity index (χ2v) is 6.27. The monoisotopic (exact) mass is 351 g/mol. The van der Waals surface area contributed by atoms with Crippen LogP contribution in [0.1, 0.15) is 29.7 Å². The Morgan fingerprint density at radius 1 is 1.20 bits per heavy atom. The first-order valence-corrected chi connectivity index (χ1v) is 7.73. The number of nitrogens with one attached hydrogen (secondary N) is 1. The molecule has 2 unspecified atom stereocenters. The molecule has 0 amide bonds. The average Bonchev–Trinajstić information content (AvgIpc) is 2.46. The zero-order valence-corrected chi connectivity index (χ0v) is 13.4. The van der Waals surface area contributed by atoms with Crippen LogP contribution in [-0.4, -0.2) is 7.05 Å². The molecule has 0 aromatic heterocycles. The van der Waals surface area contributed by atoms with Crippen LogP contribution in [0.2, 0.25) is 5.02 Å². The normalized spacial score (nSPS) is 21.1. The molecule has 1 aliphatic rings. The van der Waals surface area contributed by atoms with Crippen LogP contribution in [0.4, 0.5) is 0 Å². The van der Waals surface area contributed by atoms with Gasteiger partial charge >= 0.3 is 0 Å². The van der Waals surface area contributed by atoms with Crippen LogP contribution in [0, 0.1) is 0 Å². The van der Waals surface area contributed by atoms with Crippen LogP contribution in [0.25, 0.3) is 0 Å². The largest absolute Gasteiger partial charge is 0.485 e. The molecule has 20 heavy (non-hydrogen) atoms. The summed E-state index contributed by atoms with van der Waals surface area (Å²) in [5.41, 5.74) is 2.36. The Morgan fingerprint density at radius 3 is 2.65 bits per heavy atom. The van der Waals surface area contributed by atoms with Gasteiger partial charge in [0.25, 0.3) is 0 Å². The standard InChI is InChI=1S/C16H15BrClNO/c1-19-14-9-15(10-2-5-12(18)6-3-10)20-16-8-11(17)4-7-13(14)16/h2-8,14-15,19H,9H2,1H3. The van der Waals surface area contributed by atoms with E-state index in [-0.39, 0.29) is 6.10 Å². The third-order valence-electron chi connectivity index (χ3n) is 3.66. The van der Waals surface area contributed by atoms with Crippen molar-refractivity contribution in [2.75, 3.05) is 7.05 Å². The number of hydrogen-bond donors (Lipinski definition) is 1. The van der Waals surface area contributed by atoms with E-state index in [4.69, 9.17) is 16.3 Å². The first-order chi connectivity index (χ1) is 9.67. The molecule has 1 N–H and O–H groups in total. The topological polar surface area (TPSA) is 21.3 Å². The van der Waals surface area contributed by atoms with Gasteiger partial charge in [-0.3, -0.25) is 0 Å². The molecule has 3 rings (SSSR count). The second-order valence-electron chi connectivity index (χ2n) is 4.92. The lowest BCUT2D eigenvalue weighted by Gasteiger charge is -2.32. The predicted octanol–water partition coefficient (Wildman–Crippen LogP) is 4.89. The van der Waals surface area contributed by atoms with E-state index in [0.717, 1.165) is 27.2 Å². The molecular formula is C16H15BrClNO. The summed E-state index contributed by atoms with van der Waals surface area (Å²) in [6, 6.07) is 14.4. The smallest absolute Gasteiger partial charge is 0.126 e. The molecular weight excluding hydrogens is 338 g/mol. The van der Waals surface area contributed by atoms with Crippen molar-refractivity contribution in [3.63, 3.8) is 0 Å². The summed E-state index contributed by atoms with van der Waals surface area (Å²) >= 11 is 9.45. The lowest BCUT2D eigenvalue weighted by Crippen LogP contribution is -2.26. The van der Waals surface area contributed by atoms with E-state index in [1.54, 1.807) is 0 Å². The van der Waals surface area contributed by atoms with Crippen molar-refractivity contribution in [2.45, 2.75) is 18.6 Å². The highest BCUT2D eigenvalue weighted by Crippen LogP contribution is 2.41. The lowest BCUT2D eigenvalue weighted by molar-refractivity contribution is 0.154. The first kappa shape index (κ1) is 13.9. The number of rotatable bonds is 2. The quantitative estimate of drug-likeness (QED) is 0.831. The van der Waals surface area contributed by atoms with E-state index in [2.05, 4.69) is 33.4 Å². The Hall–Kier alpha value is -1.03. The summed E-state index contributed by atoms with van der Waals surface area (Å²) in [5.74, 6) is 0.935. The van der Waals surface area contributed by atoms with Gasteiger partial charge in [-0.25, -0.2) is 0 Å². The van der Waals surface area contributed by atoms with E-state index < -0.39 is 0 Å². The van der Waals surface area contributed by atoms with Crippen LogP contribution in [-0.2, 0) is 0 Å². The van der Waals surface area contributed by atoms with E-state index in [0.29, 0.717) is 6.04 Å². The molecule has 0 saturated heterocycles. The molecule has 0 aliphatic carbocycles. The van der Waals surface area contributed by atoms with Gasteiger partial charge in [-0.1, -0.05) is 45.7 Å². The highest BCUT2D eigenvalue weighted by Gasteiger charge is 2.28. The minimum atomic E-state index is 0.0477. The third-order valence-corrected chi connectivity index (χ3v) is 4.41. The number of halogens is 2. The molecule has 2 atom stereocenters. The molecule has 4 heteroatoms. The van der Waals surface area contributed by atoms with E-state index in [1.165, 1.54) is 5.56 Å². The zero-order valence-electron chi connectivity index (χ0n) is 11.1. The summed E-state index contributed by atoms with van der Waals surface area (Å²) in [6.45, 7) is 0. The van der Waals surface area contributed by atoms with E-state index in [1.807, 2.05) is 37.4 Å². The molecule has 0 radical (unpaired) electrons. The summed E-state index contributed by atoms with van der Waals surface area (Å²) in [5, 5.41) is 4.12. The Kier molecular flexibility index (Phi) is 4.01. The fourth-order valence-electron chi connectivity index (χ4n) is 2.60. The summed E-state index contributed by atoms with van der Waals surface area (Å²) < 4.78 is 7.19. The molecule has 1 heterocycles. The van der Waals surface area contributed by atoms with E-state index >= 15 is 0 Å². The number of ether oxygens (including phenoxy) is 1. The maximum Gasteiger partial charge on any atom is 0.126 e. The summed E-state index contributed by atoms with van der Waals surface area (Å²) in [4.78, 5) is 0. The van der Waals surface area contributed by atoms with Crippen molar-refractivity contribution in [1.29, 1.82) is 0 Å². The predicted molar refractivity (Wildman–Crippen MR) is 85.4 cm³/mol. The number of hydrogen-bond acceptors (Lipinski definition) is 2. The highest BCUT2D eigenvalue weighted by molar-refractivity contribution is 9.10. The molecule has 2 nitrogen and oxygen atoms in total. The number of benzene rings is 2. The maximum atomic E-state index is 6.16. The van der Waals surface area contributed by atoms with Crippen molar-refractivity contribution >= 4 is 27.5 Å². The second kappa shape index (κ2) is 5.76. The van der Waals surface area contributed by atoms with Gasteiger partial charge in [-0.2, -0.15) is 0 Å². The van der Waals surface area contributed by atoms with Crippen LogP contribution in [0.5, 0.6) is 5.75 Å². The van der Waals surface area contributed by atoms with Crippen LogP contribution in [0.3, 0.4) is 0 Å². The molecule has 2 aromatic carbocycles. The van der Waals surface area contributed by atoms with Gasteiger partial charge in [0.2, 0.25) is 0 Å². The fourth-order valence-corrected chi connectivity index (χ4v) is 3.06. The summed E-state index contributed by atoms with van der Waals surface area (Å²) in [7, 11) is 1.99. The van der Waals surface area contributed by atoms with Gasteiger partial charge in [-0.05, 0) is 36.9 Å². The van der Waals surface area contributed by atoms with Crippen LogP contribution < -0.4 is 10.1 Å². The van der Waals surface area contributed by atoms with Crippen LogP contribution in [0.15, 0.2) is 46.9 Å². The van der Waals surface area contributed by atoms with Crippen LogP contribution >= 0.6 is 27.5 Å². The van der Waals surface area contributed by atoms with Crippen molar-refractivity contribution in [2.24, 2.45) is 0 Å². The van der Waals surface area contributed by atoms with E-state index in [9.17, 15) is 0 Å². The highest BCUT2D eigenvalue weighted by atomic mass is 79.9. The van der Waals surface area contributed by atoms with Gasteiger partial charge < -0.3 is 10.1 Å². The Morgan fingerprint density at radius 2 is 1.95 bits per heavy atom. The minimum Gasteiger partial charge on any atom is -0.485 e. The minimum absolute atomic E-state index is 0.0477. The van der Waals surface area contributed by atoms with Gasteiger partial charge in [-0.15, -0.1) is 0 Å². The molecule has 0 fully saturated rings. The van der Waals surface area contributed by atoms with Gasteiger partial charge in [0.05, 0.1) is 0 Å². The molecule has 2 aromatic rings. The van der Waals surface area contributed by atoms with Crippen molar-refractivity contribution < 1.29 is 4.74 Å². The average molecular weight is 353 g/mol. The van der Waals surface area contributed by atoms with Gasteiger partial charge in [0, 0.05) is 27.5 Å². The first-order valence-electron chi connectivity index (χ1n) is 6.56. The zero-order chi connectivity index (χ0) is 14.1. The molecule has 0 saturated carbocycles. The Labute approximate surface area is 132 Å². The van der Waals surface area contributed by atoms with Gasteiger partial charge in [0.15, 0.2) is 0 Å². The number of fused-ring (bicyclic) bond motifs is 1. The third kappa shape index (κ3) is 2.71.